The molecule has 13 heavy (non-hydrogen) atoms. The van der Waals surface area contributed by atoms with Crippen LogP contribution >= 0.6 is 0 Å². The highest BCUT2D eigenvalue weighted by Crippen LogP contribution is 2.17. The summed E-state index contributed by atoms with van der Waals surface area (Å²) in [5, 5.41) is 6.64. The second-order valence-corrected chi connectivity index (χ2v) is 2.41. The van der Waals surface area contributed by atoms with Gasteiger partial charge >= 0.3 is 0 Å². The highest BCUT2D eigenvalue weighted by Gasteiger charge is 2.22. The Kier molecular flexibility index (Phi) is 2.59. The number of ether oxygens (including phenoxy) is 1. The molecular formula is C8H8N2O3. The van der Waals surface area contributed by atoms with Crippen LogP contribution in [0.1, 0.15) is 0 Å². The van der Waals surface area contributed by atoms with Crippen LogP contribution < -0.4 is 5.73 Å². The van der Waals surface area contributed by atoms with Gasteiger partial charge in [-0.15, -0.1) is 0 Å². The molecule has 0 aliphatic heterocycles. The van der Waals surface area contributed by atoms with E-state index in [-0.39, 0.29) is 11.5 Å². The van der Waals surface area contributed by atoms with Gasteiger partial charge in [-0.2, -0.15) is 0 Å². The van der Waals surface area contributed by atoms with E-state index in [2.05, 4.69) is 4.74 Å². The lowest BCUT2D eigenvalue weighted by Gasteiger charge is -2.14. The fourth-order valence-electron chi connectivity index (χ4n) is 0.968. The molecule has 0 spiro atoms. The zero-order chi connectivity index (χ0) is 9.84. The first kappa shape index (κ1) is 9.18. The number of carbonyl (C=O) groups is 2. The average Bonchev–Trinajstić information content (AvgIpc) is 2.12. The number of rotatable bonds is 3. The first-order valence-corrected chi connectivity index (χ1v) is 3.53. The molecule has 0 aromatic carbocycles. The standard InChI is InChI=1S/C8H8N2O3/c9-4-13-8-6(12)2-1-5(3-11)7(8)10/h1-5,9H,10H2. The minimum atomic E-state index is -0.632. The molecule has 0 aromatic rings. The molecule has 1 atom stereocenters. The Labute approximate surface area is 74.4 Å². The summed E-state index contributed by atoms with van der Waals surface area (Å²) in [6.07, 6.45) is 3.79. The number of nitrogens with two attached hydrogens (primary N) is 1. The molecule has 0 amide bonds. The van der Waals surface area contributed by atoms with E-state index in [1.54, 1.807) is 0 Å². The van der Waals surface area contributed by atoms with Crippen LogP contribution in [0, 0.1) is 11.3 Å². The van der Waals surface area contributed by atoms with Gasteiger partial charge in [0.25, 0.3) is 0 Å². The van der Waals surface area contributed by atoms with Crippen molar-refractivity contribution in [1.82, 2.24) is 0 Å². The normalized spacial score (nSPS) is 21.5. The number of allylic oxidation sites excluding steroid dienone is 2. The van der Waals surface area contributed by atoms with Crippen LogP contribution in [0.4, 0.5) is 0 Å². The Bertz CT molecular complexity index is 317. The van der Waals surface area contributed by atoms with Gasteiger partial charge in [0.1, 0.15) is 6.29 Å². The van der Waals surface area contributed by atoms with Crippen molar-refractivity contribution in [3.8, 4) is 0 Å². The van der Waals surface area contributed by atoms with Crippen LogP contribution in [0.2, 0.25) is 0 Å². The van der Waals surface area contributed by atoms with Crippen molar-refractivity contribution in [2.75, 3.05) is 0 Å². The minimum absolute atomic E-state index is 0.0472. The predicted octanol–water partition coefficient (Wildman–Crippen LogP) is -0.266. The minimum Gasteiger partial charge on any atom is -0.440 e. The zero-order valence-corrected chi connectivity index (χ0v) is 6.69. The maximum Gasteiger partial charge on any atom is 0.222 e. The van der Waals surface area contributed by atoms with Crippen molar-refractivity contribution in [3.05, 3.63) is 23.6 Å². The molecule has 1 aliphatic rings. The average molecular weight is 180 g/mol. The Balaban J connectivity index is 3.02. The molecule has 0 aromatic heterocycles. The van der Waals surface area contributed by atoms with Crippen molar-refractivity contribution in [1.29, 1.82) is 5.41 Å². The Morgan fingerprint density at radius 3 is 2.85 bits per heavy atom. The smallest absolute Gasteiger partial charge is 0.222 e. The largest absolute Gasteiger partial charge is 0.440 e. The first-order chi connectivity index (χ1) is 6.20. The van der Waals surface area contributed by atoms with E-state index in [1.807, 2.05) is 0 Å². The van der Waals surface area contributed by atoms with Gasteiger partial charge in [-0.3, -0.25) is 10.2 Å². The molecule has 0 saturated heterocycles. The quantitative estimate of drug-likeness (QED) is 0.355. The molecule has 68 valence electrons. The van der Waals surface area contributed by atoms with Gasteiger partial charge in [0.15, 0.2) is 12.2 Å². The molecule has 0 heterocycles. The third-order valence-electron chi connectivity index (χ3n) is 1.62. The van der Waals surface area contributed by atoms with Gasteiger partial charge in [0, 0.05) is 0 Å². The fraction of sp³-hybridized carbons (Fsp3) is 0.125. The summed E-state index contributed by atoms with van der Waals surface area (Å²) < 4.78 is 4.58. The molecule has 0 radical (unpaired) electrons. The van der Waals surface area contributed by atoms with Gasteiger partial charge in [-0.1, -0.05) is 6.08 Å². The van der Waals surface area contributed by atoms with Gasteiger partial charge in [-0.05, 0) is 6.08 Å². The van der Waals surface area contributed by atoms with E-state index >= 15 is 0 Å². The Morgan fingerprint density at radius 1 is 1.62 bits per heavy atom. The van der Waals surface area contributed by atoms with Crippen LogP contribution in [-0.2, 0) is 14.3 Å². The monoisotopic (exact) mass is 180 g/mol. The van der Waals surface area contributed by atoms with Gasteiger partial charge in [0.05, 0.1) is 11.6 Å². The number of ketones is 1. The summed E-state index contributed by atoms with van der Waals surface area (Å²) >= 11 is 0. The van der Waals surface area contributed by atoms with E-state index in [9.17, 15) is 9.59 Å². The van der Waals surface area contributed by atoms with Gasteiger partial charge in [-0.25, -0.2) is 0 Å². The van der Waals surface area contributed by atoms with E-state index in [4.69, 9.17) is 11.1 Å². The zero-order valence-electron chi connectivity index (χ0n) is 6.69. The molecule has 1 aliphatic carbocycles. The second kappa shape index (κ2) is 3.66. The number of aldehydes is 1. The molecule has 5 heteroatoms. The number of hydrogen-bond donors (Lipinski definition) is 2. The maximum atomic E-state index is 11.1. The summed E-state index contributed by atoms with van der Waals surface area (Å²) in [5.41, 5.74) is 5.51. The molecule has 3 N–H and O–H groups in total. The lowest BCUT2D eigenvalue weighted by molar-refractivity contribution is -0.113. The van der Waals surface area contributed by atoms with Crippen molar-refractivity contribution < 1.29 is 14.3 Å². The lowest BCUT2D eigenvalue weighted by atomic mass is 9.99. The SMILES string of the molecule is N=COC1=C(N)C(C=O)C=CC1=O. The summed E-state index contributed by atoms with van der Waals surface area (Å²) in [5.74, 6) is -1.21. The van der Waals surface area contributed by atoms with Crippen molar-refractivity contribution in [2.45, 2.75) is 0 Å². The number of carbonyl (C=O) groups excluding carboxylic acids is 2. The highest BCUT2D eigenvalue weighted by molar-refractivity contribution is 6.05. The van der Waals surface area contributed by atoms with Crippen LogP contribution in [0.15, 0.2) is 23.6 Å². The predicted molar refractivity (Wildman–Crippen MR) is 44.8 cm³/mol. The molecule has 1 unspecified atom stereocenters. The van der Waals surface area contributed by atoms with Gasteiger partial charge < -0.3 is 15.3 Å². The third kappa shape index (κ3) is 1.64. The topological polar surface area (TPSA) is 93.2 Å². The number of hydrogen-bond acceptors (Lipinski definition) is 5. The summed E-state index contributed by atoms with van der Waals surface area (Å²) in [6, 6.07) is 0. The molecule has 1 rings (SSSR count). The van der Waals surface area contributed by atoms with Crippen LogP contribution in [0.25, 0.3) is 0 Å². The Hall–Kier alpha value is -1.91. The van der Waals surface area contributed by atoms with E-state index < -0.39 is 11.7 Å². The molecule has 0 saturated carbocycles. The summed E-state index contributed by atoms with van der Waals surface area (Å²) in [7, 11) is 0. The molecule has 5 nitrogen and oxygen atoms in total. The molecule has 0 bridgehead atoms. The molecular weight excluding hydrogens is 172 g/mol. The molecule has 0 fully saturated rings. The summed E-state index contributed by atoms with van der Waals surface area (Å²) in [4.78, 5) is 21.5. The fourth-order valence-corrected chi connectivity index (χ4v) is 0.968. The van der Waals surface area contributed by atoms with Gasteiger partial charge in [0.2, 0.25) is 5.78 Å². The maximum absolute atomic E-state index is 11.1. The van der Waals surface area contributed by atoms with Crippen molar-refractivity contribution in [2.24, 2.45) is 11.7 Å². The van der Waals surface area contributed by atoms with Crippen molar-refractivity contribution in [3.63, 3.8) is 0 Å². The lowest BCUT2D eigenvalue weighted by Crippen LogP contribution is -2.22. The first-order valence-electron chi connectivity index (χ1n) is 3.53. The third-order valence-corrected chi connectivity index (χ3v) is 1.62. The van der Waals surface area contributed by atoms with Crippen LogP contribution in [0.3, 0.4) is 0 Å². The van der Waals surface area contributed by atoms with E-state index in [0.717, 1.165) is 0 Å². The Morgan fingerprint density at radius 2 is 2.31 bits per heavy atom. The second-order valence-electron chi connectivity index (χ2n) is 2.41. The van der Waals surface area contributed by atoms with E-state index in [0.29, 0.717) is 12.7 Å². The summed E-state index contributed by atoms with van der Waals surface area (Å²) in [6.45, 7) is 0. The highest BCUT2D eigenvalue weighted by atomic mass is 16.5. The van der Waals surface area contributed by atoms with Crippen molar-refractivity contribution >= 4 is 18.5 Å². The van der Waals surface area contributed by atoms with Crippen LogP contribution in [-0.4, -0.2) is 18.5 Å². The van der Waals surface area contributed by atoms with Crippen LogP contribution in [0.5, 0.6) is 0 Å². The van der Waals surface area contributed by atoms with E-state index in [1.165, 1.54) is 12.2 Å². The number of nitrogens with one attached hydrogen (secondary N) is 1.